The highest BCUT2D eigenvalue weighted by Crippen LogP contribution is 2.32. The van der Waals surface area contributed by atoms with Crippen LogP contribution in [0.2, 0.25) is 0 Å². The third-order valence-corrected chi connectivity index (χ3v) is 5.73. The number of ketones is 1. The van der Waals surface area contributed by atoms with Gasteiger partial charge in [0, 0.05) is 18.1 Å². The molecule has 12 nitrogen and oxygen atoms in total. The van der Waals surface area contributed by atoms with Crippen LogP contribution in [-0.4, -0.2) is 92.8 Å². The Labute approximate surface area is 193 Å². The summed E-state index contributed by atoms with van der Waals surface area (Å²) < 4.78 is 10.7. The number of hydrogen-bond donors (Lipinski definition) is 8. The van der Waals surface area contributed by atoms with Gasteiger partial charge in [-0.2, -0.15) is 0 Å². The van der Waals surface area contributed by atoms with E-state index >= 15 is 0 Å². The predicted molar refractivity (Wildman–Crippen MR) is 117 cm³/mol. The minimum Gasteiger partial charge on any atom is -0.401 e. The molecule has 0 unspecified atom stereocenters. The number of allylic oxidation sites excluding steroid dienone is 1. The van der Waals surface area contributed by atoms with Crippen molar-refractivity contribution in [3.8, 4) is 0 Å². The first kappa shape index (κ1) is 29.0. The fraction of sp³-hybridized carbons (Fsp3) is 0.714. The lowest BCUT2D eigenvalue weighted by atomic mass is 9.76. The fourth-order valence-electron chi connectivity index (χ4n) is 2.92. The molecule has 0 bridgehead atoms. The summed E-state index contributed by atoms with van der Waals surface area (Å²) in [7, 11) is 0. The largest absolute Gasteiger partial charge is 0.401 e. The number of aliphatic hydroxyl groups excluding tert-OH is 4. The molecule has 0 radical (unpaired) electrons. The van der Waals surface area contributed by atoms with Crippen molar-refractivity contribution in [2.75, 3.05) is 13.2 Å². The van der Waals surface area contributed by atoms with E-state index in [1.807, 2.05) is 0 Å². The molecule has 1 aliphatic heterocycles. The van der Waals surface area contributed by atoms with Gasteiger partial charge in [-0.3, -0.25) is 9.59 Å². The molecule has 0 aromatic heterocycles. The zero-order valence-corrected chi connectivity index (χ0v) is 19.6. The number of hydrogen-bond acceptors (Lipinski definition) is 11. The number of aliphatic hydroxyl groups is 5. The van der Waals surface area contributed by atoms with Crippen LogP contribution in [0.25, 0.3) is 0 Å². The summed E-state index contributed by atoms with van der Waals surface area (Å²) in [5, 5.41) is 54.7. The van der Waals surface area contributed by atoms with E-state index in [1.54, 1.807) is 13.8 Å². The van der Waals surface area contributed by atoms with Crippen LogP contribution in [0.15, 0.2) is 24.2 Å². The Morgan fingerprint density at radius 1 is 1.18 bits per heavy atom. The second-order valence-electron chi connectivity index (χ2n) is 8.76. The number of carbonyl (C=O) groups excluding carboxylic acids is 2. The predicted octanol–water partition coefficient (Wildman–Crippen LogP) is -2.42. The highest BCUT2D eigenvalue weighted by molar-refractivity contribution is 5.96. The maximum atomic E-state index is 12.6. The summed E-state index contributed by atoms with van der Waals surface area (Å²) in [4.78, 5) is 25.1. The summed E-state index contributed by atoms with van der Waals surface area (Å²) in [5.74, 6) is -1.24. The third-order valence-electron chi connectivity index (χ3n) is 5.73. The van der Waals surface area contributed by atoms with Crippen LogP contribution >= 0.6 is 0 Å². The first-order valence-corrected chi connectivity index (χ1v) is 10.5. The average molecular weight is 477 g/mol. The van der Waals surface area contributed by atoms with Gasteiger partial charge in [0.25, 0.3) is 5.91 Å². The number of nitrogens with two attached hydrogens (primary N) is 1. The van der Waals surface area contributed by atoms with Crippen LogP contribution in [0.5, 0.6) is 0 Å². The van der Waals surface area contributed by atoms with Crippen LogP contribution in [0.3, 0.4) is 0 Å². The SMILES string of the molecule is C/C(N)=C\NCC(=O)C(C)(C)[C@@](C)(O)[13C](=O)N/C=C/[C@H](C)O[C@H]1O[C@@H](CO)[C@H](O)[C@@H](O)[C@@H]1O. The molecule has 0 saturated carbocycles. The maximum Gasteiger partial charge on any atom is 0.256 e. The molecule has 190 valence electrons. The number of rotatable bonds is 11. The minimum atomic E-state index is -2.06. The van der Waals surface area contributed by atoms with Gasteiger partial charge in [0.1, 0.15) is 24.4 Å². The van der Waals surface area contributed by atoms with Crippen molar-refractivity contribution in [1.82, 2.24) is 10.6 Å². The molecule has 1 heterocycles. The number of nitrogens with one attached hydrogen (secondary N) is 2. The van der Waals surface area contributed by atoms with Gasteiger partial charge in [-0.15, -0.1) is 0 Å². The Morgan fingerprint density at radius 2 is 1.79 bits per heavy atom. The van der Waals surface area contributed by atoms with Gasteiger partial charge in [-0.05, 0) is 40.7 Å². The Balaban J connectivity index is 2.70. The van der Waals surface area contributed by atoms with E-state index in [1.165, 1.54) is 39.2 Å². The minimum absolute atomic E-state index is 0.134. The maximum absolute atomic E-state index is 12.6. The van der Waals surface area contributed by atoms with Gasteiger partial charge in [0.05, 0.1) is 24.7 Å². The van der Waals surface area contributed by atoms with E-state index in [9.17, 15) is 35.1 Å². The molecule has 33 heavy (non-hydrogen) atoms. The summed E-state index contributed by atoms with van der Waals surface area (Å²) in [6, 6.07) is 0. The fourth-order valence-corrected chi connectivity index (χ4v) is 2.92. The molecule has 0 aromatic rings. The molecule has 0 aromatic carbocycles. The number of Topliss-reactive ketones (excluding diaryl/α,β-unsaturated/α-hetero) is 1. The smallest absolute Gasteiger partial charge is 0.256 e. The topological polar surface area (TPSA) is 204 Å². The summed E-state index contributed by atoms with van der Waals surface area (Å²) in [6.07, 6.45) is -3.83. The molecule has 7 atom stereocenters. The lowest BCUT2D eigenvalue weighted by Crippen LogP contribution is -2.59. The monoisotopic (exact) mass is 476 g/mol. The molecular weight excluding hydrogens is 439 g/mol. The zero-order chi connectivity index (χ0) is 25.6. The number of amides is 1. The molecule has 0 spiro atoms. The van der Waals surface area contributed by atoms with E-state index in [0.29, 0.717) is 5.70 Å². The van der Waals surface area contributed by atoms with Crippen molar-refractivity contribution in [2.24, 2.45) is 11.1 Å². The van der Waals surface area contributed by atoms with E-state index in [-0.39, 0.29) is 6.54 Å². The second-order valence-corrected chi connectivity index (χ2v) is 8.76. The highest BCUT2D eigenvalue weighted by Gasteiger charge is 2.50. The lowest BCUT2D eigenvalue weighted by Gasteiger charge is -2.40. The molecule has 12 heteroatoms. The van der Waals surface area contributed by atoms with Crippen molar-refractivity contribution >= 4 is 11.7 Å². The van der Waals surface area contributed by atoms with Crippen LogP contribution in [0, 0.1) is 5.41 Å². The summed E-state index contributed by atoms with van der Waals surface area (Å²) >= 11 is 0. The van der Waals surface area contributed by atoms with Crippen LogP contribution in [-0.2, 0) is 19.1 Å². The van der Waals surface area contributed by atoms with Crippen LogP contribution in [0.4, 0.5) is 0 Å². The Hall–Kier alpha value is -2.06. The van der Waals surface area contributed by atoms with Crippen molar-refractivity contribution < 1.29 is 44.6 Å². The molecule has 0 aliphatic carbocycles. The average Bonchev–Trinajstić information content (AvgIpc) is 2.73. The molecular formula is C21H37N3O9. The van der Waals surface area contributed by atoms with E-state index in [4.69, 9.17) is 15.2 Å². The van der Waals surface area contributed by atoms with Crippen molar-refractivity contribution in [2.45, 2.75) is 77.0 Å². The summed E-state index contributed by atoms with van der Waals surface area (Å²) in [5.41, 5.74) is 2.47. The standard InChI is InChI=1S/C21H37N3O9/c1-11(22)8-23-9-14(26)20(3,4)21(5,31)19(30)24-7-6-12(2)32-18-17(29)16(28)15(27)13(10-25)33-18/h6-8,12-13,15-18,23,25,27-29,31H,9-10,22H2,1-5H3,(H,24,30)/b7-6+,11-8+/t12-,13-,15-,16+,17-,18-,21-/m0/s1/i19+1. The van der Waals surface area contributed by atoms with Gasteiger partial charge < -0.3 is 51.4 Å². The van der Waals surface area contributed by atoms with E-state index in [0.717, 1.165) is 0 Å². The Morgan fingerprint density at radius 3 is 2.33 bits per heavy atom. The number of carbonyl (C=O) groups is 2. The van der Waals surface area contributed by atoms with Crippen LogP contribution < -0.4 is 16.4 Å². The third kappa shape index (κ3) is 7.21. The molecule has 1 amide bonds. The molecule has 9 N–H and O–H groups in total. The lowest BCUT2D eigenvalue weighted by molar-refractivity contribution is -0.306. The zero-order valence-electron chi connectivity index (χ0n) is 19.6. The number of ether oxygens (including phenoxy) is 2. The van der Waals surface area contributed by atoms with E-state index < -0.39 is 66.1 Å². The van der Waals surface area contributed by atoms with Gasteiger partial charge in [-0.1, -0.05) is 0 Å². The van der Waals surface area contributed by atoms with Gasteiger partial charge >= 0.3 is 0 Å². The second kappa shape index (κ2) is 11.9. The molecule has 1 rings (SSSR count). The van der Waals surface area contributed by atoms with Gasteiger partial charge in [0.2, 0.25) is 0 Å². The van der Waals surface area contributed by atoms with Crippen molar-refractivity contribution in [3.05, 3.63) is 24.2 Å². The highest BCUT2D eigenvalue weighted by atomic mass is 16.7. The van der Waals surface area contributed by atoms with Crippen LogP contribution in [0.1, 0.15) is 34.6 Å². The Bertz CT molecular complexity index is 732. The van der Waals surface area contributed by atoms with Gasteiger partial charge in [0.15, 0.2) is 17.7 Å². The normalized spacial score (nSPS) is 29.4. The first-order chi connectivity index (χ1) is 15.2. The quantitative estimate of drug-likeness (QED) is 0.147. The van der Waals surface area contributed by atoms with Gasteiger partial charge in [-0.25, -0.2) is 0 Å². The molecule has 1 fully saturated rings. The van der Waals surface area contributed by atoms with Crippen molar-refractivity contribution in [1.29, 1.82) is 0 Å². The summed E-state index contributed by atoms with van der Waals surface area (Å²) in [6.45, 7) is 6.59. The Kier molecular flexibility index (Phi) is 10.4. The molecule has 1 aliphatic rings. The van der Waals surface area contributed by atoms with E-state index in [2.05, 4.69) is 10.6 Å². The van der Waals surface area contributed by atoms with Crippen molar-refractivity contribution in [3.63, 3.8) is 0 Å². The first-order valence-electron chi connectivity index (χ1n) is 10.5. The molecule has 1 saturated heterocycles.